The lowest BCUT2D eigenvalue weighted by molar-refractivity contribution is 0.0447. The number of imidazole rings is 1. The minimum atomic E-state index is -3.64. The molecule has 0 bridgehead atoms. The van der Waals surface area contributed by atoms with Crippen molar-refractivity contribution < 1.29 is 26.7 Å². The second kappa shape index (κ2) is 8.49. The molecule has 0 aliphatic heterocycles. The molecule has 0 atom stereocenters. The number of ether oxygens (including phenoxy) is 1. The van der Waals surface area contributed by atoms with Gasteiger partial charge in [0.2, 0.25) is 10.0 Å². The van der Waals surface area contributed by atoms with Gasteiger partial charge in [-0.25, -0.2) is 31.3 Å². The van der Waals surface area contributed by atoms with E-state index < -0.39 is 33.2 Å². The number of halogens is 2. The van der Waals surface area contributed by atoms with Crippen molar-refractivity contribution in [2.75, 3.05) is 14.1 Å². The standard InChI is InChI=1S/C20H21F2N3O4S/c1-4-10-25-17-9-8-13(30(27,28)24(2)3)11-16(17)23-18(25)12-29-20(26)19-14(21)6-5-7-15(19)22/h5-9,11H,4,10,12H2,1-3H3. The van der Waals surface area contributed by atoms with Gasteiger partial charge >= 0.3 is 5.97 Å². The highest BCUT2D eigenvalue weighted by Crippen LogP contribution is 2.23. The van der Waals surface area contributed by atoms with Crippen LogP contribution < -0.4 is 0 Å². The third kappa shape index (κ3) is 4.05. The van der Waals surface area contributed by atoms with Crippen LogP contribution in [-0.4, -0.2) is 42.3 Å². The first-order valence-electron chi connectivity index (χ1n) is 9.19. The molecule has 30 heavy (non-hydrogen) atoms. The first-order chi connectivity index (χ1) is 14.2. The van der Waals surface area contributed by atoms with Crippen LogP contribution in [0.2, 0.25) is 0 Å². The van der Waals surface area contributed by atoms with Crippen molar-refractivity contribution in [1.82, 2.24) is 13.9 Å². The Morgan fingerprint density at radius 2 is 1.83 bits per heavy atom. The summed E-state index contributed by atoms with van der Waals surface area (Å²) < 4.78 is 60.3. The number of rotatable bonds is 7. The second-order valence-electron chi connectivity index (χ2n) is 6.79. The molecule has 0 unspecified atom stereocenters. The largest absolute Gasteiger partial charge is 0.454 e. The molecular weight excluding hydrogens is 416 g/mol. The lowest BCUT2D eigenvalue weighted by atomic mass is 10.2. The molecule has 3 aromatic rings. The molecule has 0 fully saturated rings. The predicted octanol–water partition coefficient (Wildman–Crippen LogP) is 3.33. The molecule has 160 valence electrons. The molecule has 7 nitrogen and oxygen atoms in total. The molecule has 1 aromatic heterocycles. The van der Waals surface area contributed by atoms with Crippen LogP contribution in [0.4, 0.5) is 8.78 Å². The SMILES string of the molecule is CCCn1c(COC(=O)c2c(F)cccc2F)nc2cc(S(=O)(=O)N(C)C)ccc21. The summed E-state index contributed by atoms with van der Waals surface area (Å²) in [6.07, 6.45) is 0.742. The van der Waals surface area contributed by atoms with Crippen LogP contribution in [0.1, 0.15) is 29.5 Å². The Bertz CT molecular complexity index is 1190. The smallest absolute Gasteiger partial charge is 0.344 e. The van der Waals surface area contributed by atoms with Gasteiger partial charge in [-0.15, -0.1) is 0 Å². The van der Waals surface area contributed by atoms with Gasteiger partial charge in [0.25, 0.3) is 0 Å². The summed E-state index contributed by atoms with van der Waals surface area (Å²) in [6.45, 7) is 2.16. The highest BCUT2D eigenvalue weighted by Gasteiger charge is 2.22. The van der Waals surface area contributed by atoms with Crippen molar-refractivity contribution in [3.8, 4) is 0 Å². The van der Waals surface area contributed by atoms with Crippen molar-refractivity contribution in [3.63, 3.8) is 0 Å². The number of nitrogens with zero attached hydrogens (tertiary/aromatic N) is 3. The average molecular weight is 437 g/mol. The highest BCUT2D eigenvalue weighted by atomic mass is 32.2. The Morgan fingerprint density at radius 3 is 2.43 bits per heavy atom. The van der Waals surface area contributed by atoms with Gasteiger partial charge in [-0.05, 0) is 36.8 Å². The van der Waals surface area contributed by atoms with Gasteiger partial charge in [0.1, 0.15) is 29.6 Å². The maximum absolute atomic E-state index is 13.8. The monoisotopic (exact) mass is 437 g/mol. The van der Waals surface area contributed by atoms with Crippen molar-refractivity contribution in [2.24, 2.45) is 0 Å². The lowest BCUT2D eigenvalue weighted by Crippen LogP contribution is -2.22. The summed E-state index contributed by atoms with van der Waals surface area (Å²) in [5.41, 5.74) is 0.308. The molecule has 0 saturated carbocycles. The number of aromatic nitrogens is 2. The Morgan fingerprint density at radius 1 is 1.17 bits per heavy atom. The first kappa shape index (κ1) is 21.8. The number of sulfonamides is 1. The number of carbonyl (C=O) groups is 1. The van der Waals surface area contributed by atoms with Crippen LogP contribution in [0.5, 0.6) is 0 Å². The zero-order valence-corrected chi connectivity index (χ0v) is 17.5. The summed E-state index contributed by atoms with van der Waals surface area (Å²) in [5, 5.41) is 0. The fourth-order valence-corrected chi connectivity index (χ4v) is 3.93. The highest BCUT2D eigenvalue weighted by molar-refractivity contribution is 7.89. The molecule has 0 amide bonds. The van der Waals surface area contributed by atoms with Crippen molar-refractivity contribution in [3.05, 3.63) is 59.4 Å². The predicted molar refractivity (Wildman–Crippen MR) is 106 cm³/mol. The van der Waals surface area contributed by atoms with Gasteiger partial charge in [0, 0.05) is 20.6 Å². The van der Waals surface area contributed by atoms with Crippen LogP contribution in [-0.2, 0) is 27.9 Å². The van der Waals surface area contributed by atoms with E-state index >= 15 is 0 Å². The molecule has 0 saturated heterocycles. The summed E-state index contributed by atoms with van der Waals surface area (Å²) in [4.78, 5) is 16.7. The van der Waals surface area contributed by atoms with E-state index in [2.05, 4.69) is 4.98 Å². The zero-order chi connectivity index (χ0) is 22.1. The van der Waals surface area contributed by atoms with Crippen LogP contribution in [0.25, 0.3) is 11.0 Å². The van der Waals surface area contributed by atoms with E-state index in [1.807, 2.05) is 6.92 Å². The van der Waals surface area contributed by atoms with E-state index in [0.29, 0.717) is 23.4 Å². The molecule has 1 heterocycles. The number of fused-ring (bicyclic) bond motifs is 1. The number of aryl methyl sites for hydroxylation is 1. The van der Waals surface area contributed by atoms with Crippen LogP contribution in [0.15, 0.2) is 41.3 Å². The Hall–Kier alpha value is -2.85. The summed E-state index contributed by atoms with van der Waals surface area (Å²) >= 11 is 0. The summed E-state index contributed by atoms with van der Waals surface area (Å²) in [5.74, 6) is -2.82. The van der Waals surface area contributed by atoms with E-state index in [9.17, 15) is 22.0 Å². The second-order valence-corrected chi connectivity index (χ2v) is 8.94. The van der Waals surface area contributed by atoms with Gasteiger partial charge < -0.3 is 9.30 Å². The topological polar surface area (TPSA) is 81.5 Å². The van der Waals surface area contributed by atoms with Crippen LogP contribution in [0.3, 0.4) is 0 Å². The number of carbonyl (C=O) groups excluding carboxylic acids is 1. The minimum absolute atomic E-state index is 0.0816. The molecular formula is C20H21F2N3O4S. The van der Waals surface area contributed by atoms with Gasteiger partial charge in [-0.1, -0.05) is 13.0 Å². The molecule has 0 aliphatic rings. The number of esters is 1. The Balaban J connectivity index is 1.95. The van der Waals surface area contributed by atoms with E-state index in [1.54, 1.807) is 10.6 Å². The van der Waals surface area contributed by atoms with Crippen molar-refractivity contribution in [1.29, 1.82) is 0 Å². The maximum Gasteiger partial charge on any atom is 0.344 e. The fraction of sp³-hybridized carbons (Fsp3) is 0.300. The third-order valence-electron chi connectivity index (χ3n) is 4.52. The van der Waals surface area contributed by atoms with E-state index in [-0.39, 0.29) is 11.5 Å². The Labute approximate surface area is 172 Å². The first-order valence-corrected chi connectivity index (χ1v) is 10.6. The lowest BCUT2D eigenvalue weighted by Gasteiger charge is -2.11. The summed E-state index contributed by atoms with van der Waals surface area (Å²) in [6, 6.07) is 7.66. The zero-order valence-electron chi connectivity index (χ0n) is 16.7. The number of hydrogen-bond acceptors (Lipinski definition) is 5. The normalized spacial score (nSPS) is 11.9. The minimum Gasteiger partial charge on any atom is -0.454 e. The summed E-state index contributed by atoms with van der Waals surface area (Å²) in [7, 11) is -0.775. The molecule has 10 heteroatoms. The molecule has 0 radical (unpaired) electrons. The van der Waals surface area contributed by atoms with Gasteiger partial charge in [0.05, 0.1) is 15.9 Å². The van der Waals surface area contributed by atoms with E-state index in [4.69, 9.17) is 4.74 Å². The van der Waals surface area contributed by atoms with Crippen molar-refractivity contribution in [2.45, 2.75) is 31.4 Å². The molecule has 0 N–H and O–H groups in total. The van der Waals surface area contributed by atoms with Crippen molar-refractivity contribution >= 4 is 27.0 Å². The van der Waals surface area contributed by atoms with E-state index in [0.717, 1.165) is 28.9 Å². The van der Waals surface area contributed by atoms with Gasteiger partial charge in [-0.3, -0.25) is 0 Å². The maximum atomic E-state index is 13.8. The van der Waals surface area contributed by atoms with Crippen LogP contribution >= 0.6 is 0 Å². The number of benzene rings is 2. The molecule has 2 aromatic carbocycles. The average Bonchev–Trinajstić information content (AvgIpc) is 3.03. The molecule has 0 aliphatic carbocycles. The van der Waals surface area contributed by atoms with Crippen LogP contribution in [0, 0.1) is 11.6 Å². The number of hydrogen-bond donors (Lipinski definition) is 0. The molecule has 0 spiro atoms. The molecule has 3 rings (SSSR count). The third-order valence-corrected chi connectivity index (χ3v) is 6.33. The van der Waals surface area contributed by atoms with E-state index in [1.165, 1.54) is 26.2 Å². The quantitative estimate of drug-likeness (QED) is 0.530. The fourth-order valence-electron chi connectivity index (χ4n) is 3.01. The Kier molecular flexibility index (Phi) is 6.18. The van der Waals surface area contributed by atoms with Gasteiger partial charge in [-0.2, -0.15) is 0 Å². The van der Waals surface area contributed by atoms with Gasteiger partial charge in [0.15, 0.2) is 0 Å².